The highest BCUT2D eigenvalue weighted by atomic mass is 127. The zero-order valence-electron chi connectivity index (χ0n) is 6.33. The molecule has 0 aromatic rings. The van der Waals surface area contributed by atoms with E-state index in [1.54, 1.807) is 0 Å². The molecule has 4 nitrogen and oxygen atoms in total. The first-order valence-electron chi connectivity index (χ1n) is 3.68. The summed E-state index contributed by atoms with van der Waals surface area (Å²) in [6, 6.07) is 0.353. The summed E-state index contributed by atoms with van der Waals surface area (Å²) in [5.74, 6) is 0.219. The Balaban J connectivity index is 2.34. The van der Waals surface area contributed by atoms with Crippen molar-refractivity contribution in [3.8, 4) is 0 Å². The van der Waals surface area contributed by atoms with Gasteiger partial charge in [-0.3, -0.25) is 4.99 Å². The largest absolute Gasteiger partial charge is 0.370 e. The van der Waals surface area contributed by atoms with Gasteiger partial charge in [0.15, 0.2) is 5.96 Å². The summed E-state index contributed by atoms with van der Waals surface area (Å²) < 4.78 is 2.26. The first-order chi connectivity index (χ1) is 5.18. The van der Waals surface area contributed by atoms with E-state index in [-0.39, 0.29) is 5.96 Å². The second kappa shape index (κ2) is 4.10. The van der Waals surface area contributed by atoms with Gasteiger partial charge in [0.2, 0.25) is 0 Å². The van der Waals surface area contributed by atoms with E-state index in [1.807, 2.05) is 0 Å². The minimum atomic E-state index is 0.219. The van der Waals surface area contributed by atoms with Crippen LogP contribution in [0.3, 0.4) is 0 Å². The van der Waals surface area contributed by atoms with Crippen LogP contribution in [-0.4, -0.2) is 28.2 Å². The maximum atomic E-state index is 5.27. The monoisotopic (exact) mass is 268 g/mol. The van der Waals surface area contributed by atoms with Crippen LogP contribution in [0.15, 0.2) is 4.99 Å². The van der Waals surface area contributed by atoms with Gasteiger partial charge in [-0.15, -0.1) is 0 Å². The molecule has 4 N–H and O–H groups in total. The second-order valence-electron chi connectivity index (χ2n) is 2.70. The molecule has 0 amide bonds. The van der Waals surface area contributed by atoms with Crippen molar-refractivity contribution in [1.82, 2.24) is 3.11 Å². The number of guanidine groups is 1. The van der Waals surface area contributed by atoms with E-state index in [9.17, 15) is 0 Å². The van der Waals surface area contributed by atoms with Gasteiger partial charge < -0.3 is 11.5 Å². The van der Waals surface area contributed by atoms with Gasteiger partial charge in [0.1, 0.15) is 0 Å². The number of halogens is 1. The Hall–Kier alpha value is -0.0400. The molecule has 5 heteroatoms. The van der Waals surface area contributed by atoms with E-state index in [2.05, 4.69) is 31.0 Å². The second-order valence-corrected chi connectivity index (χ2v) is 4.06. The zero-order chi connectivity index (χ0) is 8.27. The highest BCUT2D eigenvalue weighted by Gasteiger charge is 2.16. The van der Waals surface area contributed by atoms with Crippen LogP contribution < -0.4 is 11.5 Å². The van der Waals surface area contributed by atoms with Gasteiger partial charge in [-0.25, -0.2) is 3.11 Å². The molecule has 0 atom stereocenters. The van der Waals surface area contributed by atoms with Crippen molar-refractivity contribution in [2.75, 3.05) is 13.1 Å². The average molecular weight is 268 g/mol. The van der Waals surface area contributed by atoms with Gasteiger partial charge in [-0.2, -0.15) is 0 Å². The topological polar surface area (TPSA) is 67.6 Å². The van der Waals surface area contributed by atoms with Crippen LogP contribution in [0.5, 0.6) is 0 Å². The summed E-state index contributed by atoms with van der Waals surface area (Å²) in [5, 5.41) is 0. The minimum Gasteiger partial charge on any atom is -0.370 e. The highest BCUT2D eigenvalue weighted by molar-refractivity contribution is 14.1. The fraction of sp³-hybridized carbons (Fsp3) is 0.833. The van der Waals surface area contributed by atoms with Crippen LogP contribution in [0.1, 0.15) is 12.8 Å². The standard InChI is InChI=1S/C6H13IN4/c7-11-3-1-5(2-4-11)10-6(8)9/h5H,1-4H2,(H4,8,9,10). The number of aliphatic imine (C=N–C) groups is 1. The number of nitrogens with zero attached hydrogens (tertiary/aromatic N) is 2. The van der Waals surface area contributed by atoms with E-state index < -0.39 is 0 Å². The van der Waals surface area contributed by atoms with Crippen molar-refractivity contribution >= 4 is 28.8 Å². The maximum absolute atomic E-state index is 5.27. The SMILES string of the molecule is NC(N)=NC1CCN(I)CC1. The van der Waals surface area contributed by atoms with Crippen molar-refractivity contribution in [1.29, 1.82) is 0 Å². The van der Waals surface area contributed by atoms with E-state index in [0.29, 0.717) is 6.04 Å². The van der Waals surface area contributed by atoms with Gasteiger partial charge in [0, 0.05) is 36.0 Å². The summed E-state index contributed by atoms with van der Waals surface area (Å²) in [6.45, 7) is 2.17. The summed E-state index contributed by atoms with van der Waals surface area (Å²) in [7, 11) is 0. The predicted molar refractivity (Wildman–Crippen MR) is 54.4 cm³/mol. The highest BCUT2D eigenvalue weighted by Crippen LogP contribution is 2.15. The number of hydrogen-bond acceptors (Lipinski definition) is 2. The maximum Gasteiger partial charge on any atom is 0.186 e. The fourth-order valence-electron chi connectivity index (χ4n) is 1.17. The first kappa shape index (κ1) is 9.05. The number of nitrogens with two attached hydrogens (primary N) is 2. The molecule has 0 saturated carbocycles. The quantitative estimate of drug-likeness (QED) is 0.306. The Bertz CT molecular complexity index is 147. The molecule has 0 aliphatic carbocycles. The third-order valence-corrected chi connectivity index (χ3v) is 2.71. The van der Waals surface area contributed by atoms with Crippen molar-refractivity contribution in [2.45, 2.75) is 18.9 Å². The van der Waals surface area contributed by atoms with Gasteiger partial charge in [-0.05, 0) is 12.8 Å². The summed E-state index contributed by atoms with van der Waals surface area (Å²) >= 11 is 2.32. The molecular formula is C6H13IN4. The van der Waals surface area contributed by atoms with Crippen molar-refractivity contribution < 1.29 is 0 Å². The number of hydrogen-bond donors (Lipinski definition) is 2. The van der Waals surface area contributed by atoms with Crippen molar-refractivity contribution in [3.63, 3.8) is 0 Å². The molecule has 1 aliphatic rings. The van der Waals surface area contributed by atoms with E-state index in [4.69, 9.17) is 11.5 Å². The van der Waals surface area contributed by atoms with Crippen LogP contribution in [0.25, 0.3) is 0 Å². The fourth-order valence-corrected chi connectivity index (χ4v) is 1.73. The molecule has 0 aromatic carbocycles. The first-order valence-corrected chi connectivity index (χ1v) is 4.64. The summed E-state index contributed by atoms with van der Waals surface area (Å²) in [4.78, 5) is 4.11. The van der Waals surface area contributed by atoms with Crippen LogP contribution in [0.2, 0.25) is 0 Å². The van der Waals surface area contributed by atoms with Crippen LogP contribution in [0, 0.1) is 0 Å². The average Bonchev–Trinajstić information content (AvgIpc) is 1.93. The van der Waals surface area contributed by atoms with Crippen molar-refractivity contribution in [3.05, 3.63) is 0 Å². The normalized spacial score (nSPS) is 21.5. The molecule has 1 saturated heterocycles. The lowest BCUT2D eigenvalue weighted by molar-refractivity contribution is 0.369. The van der Waals surface area contributed by atoms with Gasteiger partial charge >= 0.3 is 0 Å². The Labute approximate surface area is 80.5 Å². The van der Waals surface area contributed by atoms with Crippen LogP contribution >= 0.6 is 22.9 Å². The van der Waals surface area contributed by atoms with Gasteiger partial charge in [0.05, 0.1) is 6.04 Å². The molecule has 0 unspecified atom stereocenters. The molecule has 0 aromatic heterocycles. The lowest BCUT2D eigenvalue weighted by atomic mass is 10.1. The molecule has 1 aliphatic heterocycles. The van der Waals surface area contributed by atoms with E-state index >= 15 is 0 Å². The smallest absolute Gasteiger partial charge is 0.186 e. The molecule has 0 bridgehead atoms. The van der Waals surface area contributed by atoms with Crippen LogP contribution in [0.4, 0.5) is 0 Å². The molecule has 1 fully saturated rings. The number of rotatable bonds is 1. The molecular weight excluding hydrogens is 255 g/mol. The van der Waals surface area contributed by atoms with Gasteiger partial charge in [0.25, 0.3) is 0 Å². The lowest BCUT2D eigenvalue weighted by Crippen LogP contribution is -2.32. The Kier molecular flexibility index (Phi) is 3.38. The van der Waals surface area contributed by atoms with Crippen molar-refractivity contribution in [2.24, 2.45) is 16.5 Å². The third kappa shape index (κ3) is 3.24. The van der Waals surface area contributed by atoms with E-state index in [0.717, 1.165) is 25.9 Å². The molecule has 1 heterocycles. The Morgan fingerprint density at radius 1 is 1.36 bits per heavy atom. The van der Waals surface area contributed by atoms with Gasteiger partial charge in [-0.1, -0.05) is 0 Å². The number of piperidine rings is 1. The lowest BCUT2D eigenvalue weighted by Gasteiger charge is -2.24. The molecule has 0 spiro atoms. The summed E-state index contributed by atoms with van der Waals surface area (Å²) in [6.07, 6.45) is 2.14. The predicted octanol–water partition coefficient (Wildman–Crippen LogP) is 0.0742. The third-order valence-electron chi connectivity index (χ3n) is 1.74. The zero-order valence-corrected chi connectivity index (χ0v) is 8.49. The minimum absolute atomic E-state index is 0.219. The van der Waals surface area contributed by atoms with E-state index in [1.165, 1.54) is 0 Å². The molecule has 0 radical (unpaired) electrons. The Morgan fingerprint density at radius 3 is 2.36 bits per heavy atom. The molecule has 11 heavy (non-hydrogen) atoms. The molecule has 64 valence electrons. The molecule has 1 rings (SSSR count). The van der Waals surface area contributed by atoms with Crippen LogP contribution in [-0.2, 0) is 0 Å². The Morgan fingerprint density at radius 2 is 1.91 bits per heavy atom. The summed E-state index contributed by atoms with van der Waals surface area (Å²) in [5.41, 5.74) is 10.5.